The largest absolute Gasteiger partial charge is 0.368 e. The summed E-state index contributed by atoms with van der Waals surface area (Å²) in [5, 5.41) is 7.77. The quantitative estimate of drug-likeness (QED) is 0.731. The zero-order valence-electron chi connectivity index (χ0n) is 11.3. The van der Waals surface area contributed by atoms with Crippen molar-refractivity contribution in [1.29, 1.82) is 0 Å². The average Bonchev–Trinajstić information content (AvgIpc) is 2.73. The number of hydrogen-bond donors (Lipinski definition) is 2. The molecule has 0 bridgehead atoms. The molecular formula is C13H26N4. The molecule has 4 heteroatoms. The SMILES string of the molecule is CCn1ccc(NCC(C)CCCC(C)N)n1. The fraction of sp³-hybridized carbons (Fsp3) is 0.769. The number of hydrogen-bond acceptors (Lipinski definition) is 3. The van der Waals surface area contributed by atoms with Crippen molar-refractivity contribution < 1.29 is 0 Å². The molecule has 0 aliphatic rings. The molecule has 0 aliphatic heterocycles. The molecule has 98 valence electrons. The van der Waals surface area contributed by atoms with E-state index < -0.39 is 0 Å². The number of rotatable bonds is 8. The summed E-state index contributed by atoms with van der Waals surface area (Å²) >= 11 is 0. The number of anilines is 1. The van der Waals surface area contributed by atoms with Crippen molar-refractivity contribution in [2.75, 3.05) is 11.9 Å². The van der Waals surface area contributed by atoms with E-state index >= 15 is 0 Å². The van der Waals surface area contributed by atoms with E-state index in [0.29, 0.717) is 12.0 Å². The third-order valence-corrected chi connectivity index (χ3v) is 2.95. The molecule has 4 nitrogen and oxygen atoms in total. The van der Waals surface area contributed by atoms with Gasteiger partial charge in [-0.3, -0.25) is 4.68 Å². The lowest BCUT2D eigenvalue weighted by molar-refractivity contribution is 0.496. The van der Waals surface area contributed by atoms with Crippen LogP contribution in [0.3, 0.4) is 0 Å². The second kappa shape index (κ2) is 7.33. The molecule has 1 aromatic heterocycles. The summed E-state index contributed by atoms with van der Waals surface area (Å²) in [4.78, 5) is 0. The van der Waals surface area contributed by atoms with Crippen LogP contribution in [0.1, 0.15) is 40.0 Å². The van der Waals surface area contributed by atoms with Crippen molar-refractivity contribution in [3.63, 3.8) is 0 Å². The summed E-state index contributed by atoms with van der Waals surface area (Å²) in [7, 11) is 0. The number of aromatic nitrogens is 2. The maximum atomic E-state index is 5.73. The topological polar surface area (TPSA) is 55.9 Å². The Hall–Kier alpha value is -1.03. The minimum Gasteiger partial charge on any atom is -0.368 e. The fourth-order valence-corrected chi connectivity index (χ4v) is 1.80. The van der Waals surface area contributed by atoms with Gasteiger partial charge in [0.15, 0.2) is 0 Å². The Bertz CT molecular complexity index is 306. The molecular weight excluding hydrogens is 212 g/mol. The van der Waals surface area contributed by atoms with Gasteiger partial charge < -0.3 is 11.1 Å². The van der Waals surface area contributed by atoms with Crippen LogP contribution in [0.4, 0.5) is 5.82 Å². The molecule has 0 saturated carbocycles. The van der Waals surface area contributed by atoms with Gasteiger partial charge in [-0.2, -0.15) is 5.10 Å². The summed E-state index contributed by atoms with van der Waals surface area (Å²) in [5.74, 6) is 1.64. The molecule has 1 heterocycles. The molecule has 2 atom stereocenters. The summed E-state index contributed by atoms with van der Waals surface area (Å²) in [6, 6.07) is 2.36. The van der Waals surface area contributed by atoms with Crippen LogP contribution in [0.5, 0.6) is 0 Å². The van der Waals surface area contributed by atoms with E-state index in [1.165, 1.54) is 12.8 Å². The van der Waals surface area contributed by atoms with Crippen molar-refractivity contribution in [3.05, 3.63) is 12.3 Å². The summed E-state index contributed by atoms with van der Waals surface area (Å²) in [6.45, 7) is 8.34. The zero-order chi connectivity index (χ0) is 12.7. The van der Waals surface area contributed by atoms with Crippen LogP contribution in [-0.2, 0) is 6.54 Å². The molecule has 0 aromatic carbocycles. The number of aryl methyl sites for hydroxylation is 1. The highest BCUT2D eigenvalue weighted by Gasteiger charge is 2.04. The third-order valence-electron chi connectivity index (χ3n) is 2.95. The van der Waals surface area contributed by atoms with Gasteiger partial charge in [-0.1, -0.05) is 13.3 Å². The molecule has 1 rings (SSSR count). The first-order valence-corrected chi connectivity index (χ1v) is 6.64. The van der Waals surface area contributed by atoms with Crippen LogP contribution in [0.25, 0.3) is 0 Å². The highest BCUT2D eigenvalue weighted by atomic mass is 15.3. The normalized spacial score (nSPS) is 14.6. The van der Waals surface area contributed by atoms with Gasteiger partial charge in [0.25, 0.3) is 0 Å². The van der Waals surface area contributed by atoms with Gasteiger partial charge in [0.1, 0.15) is 5.82 Å². The molecule has 0 saturated heterocycles. The molecule has 0 radical (unpaired) electrons. The van der Waals surface area contributed by atoms with Gasteiger partial charge in [0.2, 0.25) is 0 Å². The Morgan fingerprint density at radius 2 is 2.18 bits per heavy atom. The lowest BCUT2D eigenvalue weighted by atomic mass is 10.0. The van der Waals surface area contributed by atoms with Crippen molar-refractivity contribution in [1.82, 2.24) is 9.78 Å². The third kappa shape index (κ3) is 5.73. The molecule has 17 heavy (non-hydrogen) atoms. The highest BCUT2D eigenvalue weighted by Crippen LogP contribution is 2.10. The first kappa shape index (κ1) is 14.0. The van der Waals surface area contributed by atoms with E-state index in [0.717, 1.165) is 25.3 Å². The van der Waals surface area contributed by atoms with Crippen LogP contribution < -0.4 is 11.1 Å². The lowest BCUT2D eigenvalue weighted by Crippen LogP contribution is -2.16. The Balaban J connectivity index is 2.16. The summed E-state index contributed by atoms with van der Waals surface area (Å²) in [6.07, 6.45) is 5.56. The van der Waals surface area contributed by atoms with Gasteiger partial charge in [0, 0.05) is 31.4 Å². The van der Waals surface area contributed by atoms with Crippen LogP contribution in [0.2, 0.25) is 0 Å². The Morgan fingerprint density at radius 1 is 1.41 bits per heavy atom. The van der Waals surface area contributed by atoms with E-state index in [1.807, 2.05) is 16.9 Å². The van der Waals surface area contributed by atoms with E-state index in [-0.39, 0.29) is 0 Å². The molecule has 0 spiro atoms. The van der Waals surface area contributed by atoms with Crippen LogP contribution in [-0.4, -0.2) is 22.4 Å². The average molecular weight is 238 g/mol. The van der Waals surface area contributed by atoms with E-state index in [1.54, 1.807) is 0 Å². The van der Waals surface area contributed by atoms with Crippen molar-refractivity contribution in [2.24, 2.45) is 11.7 Å². The molecule has 1 aromatic rings. The van der Waals surface area contributed by atoms with Crippen molar-refractivity contribution in [3.8, 4) is 0 Å². The maximum Gasteiger partial charge on any atom is 0.147 e. The Labute approximate surface area is 105 Å². The monoisotopic (exact) mass is 238 g/mol. The summed E-state index contributed by atoms with van der Waals surface area (Å²) in [5.41, 5.74) is 5.73. The lowest BCUT2D eigenvalue weighted by Gasteiger charge is -2.12. The van der Waals surface area contributed by atoms with Gasteiger partial charge in [0.05, 0.1) is 0 Å². The standard InChI is InChI=1S/C13H26N4/c1-4-17-9-8-13(16-17)15-10-11(2)6-5-7-12(3)14/h8-9,11-12H,4-7,10,14H2,1-3H3,(H,15,16). The van der Waals surface area contributed by atoms with Gasteiger partial charge >= 0.3 is 0 Å². The second-order valence-corrected chi connectivity index (χ2v) is 4.95. The molecule has 0 amide bonds. The maximum absolute atomic E-state index is 5.73. The Morgan fingerprint density at radius 3 is 2.76 bits per heavy atom. The predicted molar refractivity (Wildman–Crippen MR) is 73.1 cm³/mol. The van der Waals surface area contributed by atoms with Crippen LogP contribution in [0, 0.1) is 5.92 Å². The van der Waals surface area contributed by atoms with Gasteiger partial charge in [-0.15, -0.1) is 0 Å². The molecule has 0 fully saturated rings. The molecule has 3 N–H and O–H groups in total. The van der Waals surface area contributed by atoms with Crippen LogP contribution >= 0.6 is 0 Å². The number of nitrogens with two attached hydrogens (primary N) is 1. The van der Waals surface area contributed by atoms with E-state index in [9.17, 15) is 0 Å². The summed E-state index contributed by atoms with van der Waals surface area (Å²) < 4.78 is 1.93. The molecule has 2 unspecified atom stereocenters. The minimum absolute atomic E-state index is 0.329. The van der Waals surface area contributed by atoms with Crippen molar-refractivity contribution >= 4 is 5.82 Å². The molecule has 0 aliphatic carbocycles. The number of nitrogens with one attached hydrogen (secondary N) is 1. The second-order valence-electron chi connectivity index (χ2n) is 4.95. The van der Waals surface area contributed by atoms with Gasteiger partial charge in [-0.25, -0.2) is 0 Å². The van der Waals surface area contributed by atoms with E-state index in [4.69, 9.17) is 5.73 Å². The minimum atomic E-state index is 0.329. The fourth-order valence-electron chi connectivity index (χ4n) is 1.80. The smallest absolute Gasteiger partial charge is 0.147 e. The Kier molecular flexibility index (Phi) is 6.05. The number of nitrogens with zero attached hydrogens (tertiary/aromatic N) is 2. The van der Waals surface area contributed by atoms with E-state index in [2.05, 4.69) is 31.2 Å². The first-order chi connectivity index (χ1) is 8.11. The van der Waals surface area contributed by atoms with Crippen molar-refractivity contribution in [2.45, 2.75) is 52.6 Å². The highest BCUT2D eigenvalue weighted by molar-refractivity contribution is 5.31. The predicted octanol–water partition coefficient (Wildman–Crippen LogP) is 2.47. The first-order valence-electron chi connectivity index (χ1n) is 6.64. The van der Waals surface area contributed by atoms with Crippen LogP contribution in [0.15, 0.2) is 12.3 Å². The van der Waals surface area contributed by atoms with Gasteiger partial charge in [-0.05, 0) is 32.6 Å². The zero-order valence-corrected chi connectivity index (χ0v) is 11.3.